The third-order valence-corrected chi connectivity index (χ3v) is 1.77. The topological polar surface area (TPSA) is 59.2 Å². The number of hydrogen-bond acceptors (Lipinski definition) is 2. The molecule has 1 rings (SSSR count). The standard InChI is InChI=1S/C9H13N3O/c1-7-3-4-8(5-11-7)6-12(2)9(10)13/h3-5H,6H2,1-2H3,(H2,10,13). The van der Waals surface area contributed by atoms with Gasteiger partial charge in [-0.1, -0.05) is 6.07 Å². The Labute approximate surface area is 77.4 Å². The van der Waals surface area contributed by atoms with E-state index in [1.54, 1.807) is 13.2 Å². The number of primary amides is 1. The van der Waals surface area contributed by atoms with Crippen molar-refractivity contribution in [2.24, 2.45) is 5.73 Å². The Kier molecular flexibility index (Phi) is 2.84. The molecule has 0 aromatic carbocycles. The van der Waals surface area contributed by atoms with E-state index >= 15 is 0 Å². The highest BCUT2D eigenvalue weighted by molar-refractivity contribution is 5.71. The van der Waals surface area contributed by atoms with E-state index in [4.69, 9.17) is 5.73 Å². The molecule has 1 aromatic rings. The highest BCUT2D eigenvalue weighted by atomic mass is 16.2. The van der Waals surface area contributed by atoms with E-state index < -0.39 is 6.03 Å². The molecule has 0 saturated carbocycles. The van der Waals surface area contributed by atoms with Gasteiger partial charge in [0.2, 0.25) is 0 Å². The largest absolute Gasteiger partial charge is 0.351 e. The van der Waals surface area contributed by atoms with Crippen molar-refractivity contribution in [1.29, 1.82) is 0 Å². The zero-order chi connectivity index (χ0) is 9.84. The van der Waals surface area contributed by atoms with Crippen molar-refractivity contribution < 1.29 is 4.79 Å². The number of pyridine rings is 1. The summed E-state index contributed by atoms with van der Waals surface area (Å²) in [5, 5.41) is 0. The number of nitrogens with two attached hydrogens (primary N) is 1. The first-order valence-electron chi connectivity index (χ1n) is 4.01. The summed E-state index contributed by atoms with van der Waals surface area (Å²) >= 11 is 0. The van der Waals surface area contributed by atoms with E-state index in [2.05, 4.69) is 4.98 Å². The Hall–Kier alpha value is -1.58. The first kappa shape index (κ1) is 9.51. The van der Waals surface area contributed by atoms with E-state index in [0.29, 0.717) is 6.54 Å². The van der Waals surface area contributed by atoms with Crippen LogP contribution >= 0.6 is 0 Å². The summed E-state index contributed by atoms with van der Waals surface area (Å²) < 4.78 is 0. The average molecular weight is 179 g/mol. The smallest absolute Gasteiger partial charge is 0.314 e. The minimum atomic E-state index is -0.430. The average Bonchev–Trinajstić information content (AvgIpc) is 2.08. The van der Waals surface area contributed by atoms with Crippen LogP contribution in [0.1, 0.15) is 11.3 Å². The summed E-state index contributed by atoms with van der Waals surface area (Å²) in [7, 11) is 1.65. The van der Waals surface area contributed by atoms with Crippen LogP contribution in [0.2, 0.25) is 0 Å². The van der Waals surface area contributed by atoms with Crippen LogP contribution in [-0.2, 0) is 6.54 Å². The molecule has 13 heavy (non-hydrogen) atoms. The van der Waals surface area contributed by atoms with Gasteiger partial charge in [-0.05, 0) is 18.6 Å². The molecular formula is C9H13N3O. The Morgan fingerprint density at radius 3 is 2.77 bits per heavy atom. The summed E-state index contributed by atoms with van der Waals surface area (Å²) in [5.74, 6) is 0. The third-order valence-electron chi connectivity index (χ3n) is 1.77. The van der Waals surface area contributed by atoms with Crippen LogP contribution in [-0.4, -0.2) is 23.0 Å². The van der Waals surface area contributed by atoms with E-state index in [1.807, 2.05) is 19.1 Å². The van der Waals surface area contributed by atoms with Gasteiger partial charge in [-0.15, -0.1) is 0 Å². The van der Waals surface area contributed by atoms with Gasteiger partial charge in [-0.25, -0.2) is 4.79 Å². The molecule has 1 aromatic heterocycles. The maximum Gasteiger partial charge on any atom is 0.314 e. The van der Waals surface area contributed by atoms with Gasteiger partial charge in [0.25, 0.3) is 0 Å². The molecular weight excluding hydrogens is 166 g/mol. The lowest BCUT2D eigenvalue weighted by molar-refractivity contribution is 0.216. The van der Waals surface area contributed by atoms with Crippen LogP contribution < -0.4 is 5.73 Å². The van der Waals surface area contributed by atoms with Crippen LogP contribution in [0.5, 0.6) is 0 Å². The molecule has 0 bridgehead atoms. The predicted octanol–water partition coefficient (Wildman–Crippen LogP) is 0.901. The van der Waals surface area contributed by atoms with Crippen LogP contribution in [0.25, 0.3) is 0 Å². The Morgan fingerprint density at radius 2 is 2.31 bits per heavy atom. The van der Waals surface area contributed by atoms with E-state index in [0.717, 1.165) is 11.3 Å². The fourth-order valence-corrected chi connectivity index (χ4v) is 0.944. The van der Waals surface area contributed by atoms with Crippen LogP contribution in [0, 0.1) is 6.92 Å². The summed E-state index contributed by atoms with van der Waals surface area (Å²) in [4.78, 5) is 16.2. The first-order chi connectivity index (χ1) is 6.09. The van der Waals surface area contributed by atoms with Crippen molar-refractivity contribution in [3.05, 3.63) is 29.6 Å². The van der Waals surface area contributed by atoms with Gasteiger partial charge in [0, 0.05) is 25.5 Å². The Bertz CT molecular complexity index is 294. The lowest BCUT2D eigenvalue weighted by Gasteiger charge is -2.13. The molecule has 0 aliphatic carbocycles. The summed E-state index contributed by atoms with van der Waals surface area (Å²) in [6.07, 6.45) is 1.74. The second kappa shape index (κ2) is 3.89. The number of rotatable bonds is 2. The van der Waals surface area contributed by atoms with Crippen molar-refractivity contribution >= 4 is 6.03 Å². The van der Waals surface area contributed by atoms with Crippen molar-refractivity contribution in [2.75, 3.05) is 7.05 Å². The lowest BCUT2D eigenvalue weighted by atomic mass is 10.2. The van der Waals surface area contributed by atoms with Gasteiger partial charge in [0.05, 0.1) is 0 Å². The molecule has 0 aliphatic rings. The number of carbonyl (C=O) groups is 1. The fraction of sp³-hybridized carbons (Fsp3) is 0.333. The number of amides is 2. The monoisotopic (exact) mass is 179 g/mol. The number of aromatic nitrogens is 1. The number of hydrogen-bond donors (Lipinski definition) is 1. The maximum absolute atomic E-state index is 10.7. The normalized spacial score (nSPS) is 9.69. The van der Waals surface area contributed by atoms with Gasteiger partial charge < -0.3 is 10.6 Å². The molecule has 0 fully saturated rings. The molecule has 0 spiro atoms. The molecule has 4 nitrogen and oxygen atoms in total. The van der Waals surface area contributed by atoms with Gasteiger partial charge in [0.1, 0.15) is 0 Å². The molecule has 0 radical (unpaired) electrons. The molecule has 0 saturated heterocycles. The second-order valence-electron chi connectivity index (χ2n) is 3.00. The minimum absolute atomic E-state index is 0.430. The van der Waals surface area contributed by atoms with Crippen LogP contribution in [0.4, 0.5) is 4.79 Å². The van der Waals surface area contributed by atoms with Crippen molar-refractivity contribution in [3.8, 4) is 0 Å². The van der Waals surface area contributed by atoms with Crippen molar-refractivity contribution in [1.82, 2.24) is 9.88 Å². The molecule has 2 amide bonds. The number of nitrogens with zero attached hydrogens (tertiary/aromatic N) is 2. The SMILES string of the molecule is Cc1ccc(CN(C)C(N)=O)cn1. The van der Waals surface area contributed by atoms with Crippen molar-refractivity contribution in [2.45, 2.75) is 13.5 Å². The molecule has 0 unspecified atom stereocenters. The molecule has 2 N–H and O–H groups in total. The summed E-state index contributed by atoms with van der Waals surface area (Å²) in [6.45, 7) is 2.42. The zero-order valence-corrected chi connectivity index (χ0v) is 7.82. The maximum atomic E-state index is 10.7. The Balaban J connectivity index is 2.64. The number of aryl methyl sites for hydroxylation is 1. The molecule has 4 heteroatoms. The minimum Gasteiger partial charge on any atom is -0.351 e. The fourth-order valence-electron chi connectivity index (χ4n) is 0.944. The highest BCUT2D eigenvalue weighted by Crippen LogP contribution is 2.02. The van der Waals surface area contributed by atoms with Gasteiger partial charge >= 0.3 is 6.03 Å². The molecule has 1 heterocycles. The van der Waals surface area contributed by atoms with Gasteiger partial charge in [0.15, 0.2) is 0 Å². The second-order valence-corrected chi connectivity index (χ2v) is 3.00. The van der Waals surface area contributed by atoms with Crippen LogP contribution in [0.3, 0.4) is 0 Å². The van der Waals surface area contributed by atoms with E-state index in [9.17, 15) is 4.79 Å². The predicted molar refractivity (Wildman–Crippen MR) is 50.0 cm³/mol. The highest BCUT2D eigenvalue weighted by Gasteiger charge is 2.03. The van der Waals surface area contributed by atoms with Crippen LogP contribution in [0.15, 0.2) is 18.3 Å². The van der Waals surface area contributed by atoms with Gasteiger partial charge in [-0.3, -0.25) is 4.98 Å². The number of carbonyl (C=O) groups excluding carboxylic acids is 1. The lowest BCUT2D eigenvalue weighted by Crippen LogP contribution is -2.31. The molecule has 0 atom stereocenters. The van der Waals surface area contributed by atoms with E-state index in [-0.39, 0.29) is 0 Å². The molecule has 0 aliphatic heterocycles. The Morgan fingerprint density at radius 1 is 1.62 bits per heavy atom. The zero-order valence-electron chi connectivity index (χ0n) is 7.82. The van der Waals surface area contributed by atoms with E-state index in [1.165, 1.54) is 4.90 Å². The summed E-state index contributed by atoms with van der Waals surface area (Å²) in [5.41, 5.74) is 7.02. The first-order valence-corrected chi connectivity index (χ1v) is 4.01. The van der Waals surface area contributed by atoms with Gasteiger partial charge in [-0.2, -0.15) is 0 Å². The quantitative estimate of drug-likeness (QED) is 0.733. The number of urea groups is 1. The molecule has 70 valence electrons. The van der Waals surface area contributed by atoms with Crippen molar-refractivity contribution in [3.63, 3.8) is 0 Å². The third kappa shape index (κ3) is 2.74. The summed E-state index contributed by atoms with van der Waals surface area (Å²) in [6, 6.07) is 3.41.